The molecule has 0 aromatic heterocycles. The number of nitrogens with one attached hydrogen (secondary N) is 2. The number of hydrogen-bond donors (Lipinski definition) is 3. The Morgan fingerprint density at radius 3 is 2.83 bits per heavy atom. The zero-order valence-electron chi connectivity index (χ0n) is 13.5. The lowest BCUT2D eigenvalue weighted by atomic mass is 10.0. The Labute approximate surface area is 135 Å². The summed E-state index contributed by atoms with van der Waals surface area (Å²) in [5.41, 5.74) is 2.44. The van der Waals surface area contributed by atoms with Gasteiger partial charge in [0.15, 0.2) is 0 Å². The molecular weight excluding hydrogens is 294 g/mol. The molecule has 1 aromatic carbocycles. The van der Waals surface area contributed by atoms with Crippen molar-refractivity contribution in [3.63, 3.8) is 0 Å². The molecule has 0 radical (unpaired) electrons. The Kier molecular flexibility index (Phi) is 4.37. The van der Waals surface area contributed by atoms with Gasteiger partial charge in [0, 0.05) is 19.1 Å². The van der Waals surface area contributed by atoms with Gasteiger partial charge in [-0.15, -0.1) is 0 Å². The molecule has 0 aliphatic carbocycles. The first-order valence-corrected chi connectivity index (χ1v) is 8.04. The number of fused-ring (bicyclic) bond motifs is 1. The third kappa shape index (κ3) is 3.09. The second-order valence-electron chi connectivity index (χ2n) is 6.47. The van der Waals surface area contributed by atoms with Crippen LogP contribution in [0.5, 0.6) is 0 Å². The number of carbonyl (C=O) groups excluding carboxylic acids is 2. The van der Waals surface area contributed by atoms with Gasteiger partial charge >= 0.3 is 0 Å². The molecule has 2 fully saturated rings. The zero-order chi connectivity index (χ0) is 16.6. The Bertz CT molecular complexity index is 617. The molecule has 6 nitrogen and oxygen atoms in total. The fourth-order valence-electron chi connectivity index (χ4n) is 3.36. The summed E-state index contributed by atoms with van der Waals surface area (Å²) in [7, 11) is 0. The molecule has 3 N–H and O–H groups in total. The van der Waals surface area contributed by atoms with E-state index >= 15 is 0 Å². The highest BCUT2D eigenvalue weighted by Gasteiger charge is 2.47. The van der Waals surface area contributed by atoms with E-state index in [1.807, 2.05) is 12.1 Å². The molecule has 1 aromatic rings. The number of piperazine rings is 1. The topological polar surface area (TPSA) is 81.7 Å². The maximum Gasteiger partial charge on any atom is 0.248 e. The molecule has 4 atom stereocenters. The molecule has 2 amide bonds. The van der Waals surface area contributed by atoms with E-state index in [4.69, 9.17) is 0 Å². The first kappa shape index (κ1) is 16.0. The minimum atomic E-state index is -0.883. The quantitative estimate of drug-likeness (QED) is 0.726. The molecule has 6 heteroatoms. The van der Waals surface area contributed by atoms with Crippen LogP contribution in [0.15, 0.2) is 24.3 Å². The second kappa shape index (κ2) is 6.29. The predicted octanol–water partition coefficient (Wildman–Crippen LogP) is -0.0667. The largest absolute Gasteiger partial charge is 0.391 e. The van der Waals surface area contributed by atoms with E-state index in [-0.39, 0.29) is 17.9 Å². The normalized spacial score (nSPS) is 28.5. The van der Waals surface area contributed by atoms with Crippen molar-refractivity contribution in [2.24, 2.45) is 0 Å². The lowest BCUT2D eigenvalue weighted by molar-refractivity contribution is -0.149. The van der Waals surface area contributed by atoms with Gasteiger partial charge in [0.05, 0.1) is 6.10 Å². The molecule has 0 unspecified atom stereocenters. The van der Waals surface area contributed by atoms with Crippen LogP contribution in [0.3, 0.4) is 0 Å². The van der Waals surface area contributed by atoms with Gasteiger partial charge in [0.2, 0.25) is 11.8 Å². The summed E-state index contributed by atoms with van der Waals surface area (Å²) in [5, 5.41) is 15.7. The SMILES string of the molecule is Cc1ccccc1CN[C@H]1C[C@H]2C(=O)N[C@@H]([C@@H](C)O)C(=O)N2C1. The van der Waals surface area contributed by atoms with E-state index < -0.39 is 18.2 Å². The van der Waals surface area contributed by atoms with Crippen LogP contribution in [0.2, 0.25) is 0 Å². The maximum atomic E-state index is 12.4. The number of benzene rings is 1. The number of rotatable bonds is 4. The van der Waals surface area contributed by atoms with Gasteiger partial charge in [0.1, 0.15) is 12.1 Å². The summed E-state index contributed by atoms with van der Waals surface area (Å²) >= 11 is 0. The van der Waals surface area contributed by atoms with E-state index in [1.165, 1.54) is 18.1 Å². The van der Waals surface area contributed by atoms with Gasteiger partial charge in [-0.3, -0.25) is 9.59 Å². The Hall–Kier alpha value is -1.92. The molecule has 2 aliphatic heterocycles. The molecular formula is C17H23N3O3. The molecule has 3 rings (SSSR count). The third-order valence-electron chi connectivity index (χ3n) is 4.78. The smallest absolute Gasteiger partial charge is 0.248 e. The van der Waals surface area contributed by atoms with Gasteiger partial charge in [-0.25, -0.2) is 0 Å². The number of aryl methyl sites for hydroxylation is 1. The van der Waals surface area contributed by atoms with Crippen molar-refractivity contribution in [1.29, 1.82) is 0 Å². The number of aliphatic hydroxyl groups excluding tert-OH is 1. The van der Waals surface area contributed by atoms with Gasteiger partial charge in [0.25, 0.3) is 0 Å². The Morgan fingerprint density at radius 1 is 1.39 bits per heavy atom. The van der Waals surface area contributed by atoms with Crippen molar-refractivity contribution in [2.45, 2.75) is 51.0 Å². The standard InChI is InChI=1S/C17H23N3O3/c1-10-5-3-4-6-12(10)8-18-13-7-14-16(22)19-15(11(2)21)17(23)20(14)9-13/h3-6,11,13-15,18,21H,7-9H2,1-2H3,(H,19,22)/t11-,13+,14+,15+/m1/s1. The van der Waals surface area contributed by atoms with Crippen LogP contribution in [-0.2, 0) is 16.1 Å². The van der Waals surface area contributed by atoms with Crippen molar-refractivity contribution in [2.75, 3.05) is 6.54 Å². The van der Waals surface area contributed by atoms with E-state index in [0.29, 0.717) is 19.5 Å². The highest BCUT2D eigenvalue weighted by atomic mass is 16.3. The highest BCUT2D eigenvalue weighted by Crippen LogP contribution is 2.24. The molecule has 0 bridgehead atoms. The predicted molar refractivity (Wildman–Crippen MR) is 85.5 cm³/mol. The molecule has 0 spiro atoms. The van der Waals surface area contributed by atoms with Crippen LogP contribution in [0.25, 0.3) is 0 Å². The van der Waals surface area contributed by atoms with E-state index in [9.17, 15) is 14.7 Å². The second-order valence-corrected chi connectivity index (χ2v) is 6.47. The summed E-state index contributed by atoms with van der Waals surface area (Å²) in [4.78, 5) is 26.2. The van der Waals surface area contributed by atoms with Crippen LogP contribution < -0.4 is 10.6 Å². The van der Waals surface area contributed by atoms with Crippen molar-refractivity contribution in [1.82, 2.24) is 15.5 Å². The number of hydrogen-bond acceptors (Lipinski definition) is 4. The Balaban J connectivity index is 1.64. The average molecular weight is 317 g/mol. The van der Waals surface area contributed by atoms with E-state index in [0.717, 1.165) is 0 Å². The lowest BCUT2D eigenvalue weighted by Crippen LogP contribution is -2.64. The summed E-state index contributed by atoms with van der Waals surface area (Å²) < 4.78 is 0. The Morgan fingerprint density at radius 2 is 2.13 bits per heavy atom. The molecule has 2 saturated heterocycles. The van der Waals surface area contributed by atoms with Crippen LogP contribution >= 0.6 is 0 Å². The van der Waals surface area contributed by atoms with Crippen LogP contribution in [0.4, 0.5) is 0 Å². The van der Waals surface area contributed by atoms with Gasteiger partial charge in [-0.2, -0.15) is 0 Å². The van der Waals surface area contributed by atoms with Crippen molar-refractivity contribution in [3.8, 4) is 0 Å². The van der Waals surface area contributed by atoms with Gasteiger partial charge in [-0.1, -0.05) is 24.3 Å². The van der Waals surface area contributed by atoms with Crippen molar-refractivity contribution >= 4 is 11.8 Å². The van der Waals surface area contributed by atoms with E-state index in [2.05, 4.69) is 29.7 Å². The number of carbonyl (C=O) groups is 2. The van der Waals surface area contributed by atoms with Crippen LogP contribution in [-0.4, -0.2) is 52.6 Å². The maximum absolute atomic E-state index is 12.4. The first-order valence-electron chi connectivity index (χ1n) is 8.04. The van der Waals surface area contributed by atoms with Gasteiger partial charge < -0.3 is 20.6 Å². The minimum absolute atomic E-state index is 0.0852. The molecule has 124 valence electrons. The minimum Gasteiger partial charge on any atom is -0.391 e. The summed E-state index contributed by atoms with van der Waals surface area (Å²) in [5.74, 6) is -0.361. The zero-order valence-corrected chi connectivity index (χ0v) is 13.5. The average Bonchev–Trinajstić information content (AvgIpc) is 2.95. The molecule has 2 heterocycles. The third-order valence-corrected chi connectivity index (χ3v) is 4.78. The van der Waals surface area contributed by atoms with E-state index in [1.54, 1.807) is 4.90 Å². The molecule has 23 heavy (non-hydrogen) atoms. The summed E-state index contributed by atoms with van der Waals surface area (Å²) in [6.45, 7) is 4.81. The molecule has 2 aliphatic rings. The summed E-state index contributed by atoms with van der Waals surface area (Å²) in [6, 6.07) is 6.99. The van der Waals surface area contributed by atoms with Gasteiger partial charge in [-0.05, 0) is 31.4 Å². The van der Waals surface area contributed by atoms with Crippen molar-refractivity contribution in [3.05, 3.63) is 35.4 Å². The van der Waals surface area contributed by atoms with Crippen LogP contribution in [0, 0.1) is 6.92 Å². The molecule has 0 saturated carbocycles. The van der Waals surface area contributed by atoms with Crippen molar-refractivity contribution < 1.29 is 14.7 Å². The number of aliphatic hydroxyl groups is 1. The first-order chi connectivity index (χ1) is 11.0. The number of amides is 2. The fraction of sp³-hybridized carbons (Fsp3) is 0.529. The highest BCUT2D eigenvalue weighted by molar-refractivity contribution is 5.97. The fourth-order valence-corrected chi connectivity index (χ4v) is 3.36. The monoisotopic (exact) mass is 317 g/mol. The lowest BCUT2D eigenvalue weighted by Gasteiger charge is -2.35. The summed E-state index contributed by atoms with van der Waals surface area (Å²) in [6.07, 6.45) is -0.276. The number of nitrogens with zero attached hydrogens (tertiary/aromatic N) is 1. The van der Waals surface area contributed by atoms with Crippen LogP contribution in [0.1, 0.15) is 24.5 Å².